The summed E-state index contributed by atoms with van der Waals surface area (Å²) >= 11 is 3.86. The first-order valence-corrected chi connectivity index (χ1v) is 4.44. The molecule has 0 aliphatic carbocycles. The maximum Gasteiger partial charge on any atom is 0.239 e. The van der Waals surface area contributed by atoms with E-state index in [4.69, 9.17) is 0 Å². The highest BCUT2D eigenvalue weighted by atomic mass is 32.1. The molecule has 0 radical (unpaired) electrons. The predicted molar refractivity (Wildman–Crippen MR) is 48.0 cm³/mol. The van der Waals surface area contributed by atoms with Gasteiger partial charge in [-0.15, -0.1) is 0 Å². The summed E-state index contributed by atoms with van der Waals surface area (Å²) in [6.07, 6.45) is 0. The lowest BCUT2D eigenvalue weighted by Crippen LogP contribution is -2.54. The lowest BCUT2D eigenvalue weighted by Gasteiger charge is -2.30. The minimum atomic E-state index is -0.0936. The van der Waals surface area contributed by atoms with Gasteiger partial charge < -0.3 is 10.2 Å². The molecule has 1 unspecified atom stereocenters. The third-order valence-electron chi connectivity index (χ3n) is 1.72. The van der Waals surface area contributed by atoms with Crippen LogP contribution in [0.1, 0.15) is 6.92 Å². The molecule has 1 heterocycles. The summed E-state index contributed by atoms with van der Waals surface area (Å²) in [6, 6.07) is 0.0510. The van der Waals surface area contributed by atoms with Gasteiger partial charge in [-0.2, -0.15) is 12.6 Å². The number of piperazine rings is 1. The van der Waals surface area contributed by atoms with E-state index in [0.29, 0.717) is 6.54 Å². The summed E-state index contributed by atoms with van der Waals surface area (Å²) in [5.74, 6) is -0.0103. The van der Waals surface area contributed by atoms with Crippen LogP contribution in [0.15, 0.2) is 0 Å². The van der Waals surface area contributed by atoms with Crippen LogP contribution in [0.5, 0.6) is 0 Å². The SMILES string of the molecule is CC1CN(C(=O)CS)CC(=O)N1. The number of hydrogen-bond donors (Lipinski definition) is 2. The van der Waals surface area contributed by atoms with Gasteiger partial charge in [0.2, 0.25) is 11.8 Å². The molecule has 4 nitrogen and oxygen atoms in total. The van der Waals surface area contributed by atoms with Gasteiger partial charge in [0.05, 0.1) is 12.3 Å². The number of nitrogens with zero attached hydrogens (tertiary/aromatic N) is 1. The molecule has 5 heteroatoms. The Morgan fingerprint density at radius 1 is 1.83 bits per heavy atom. The summed E-state index contributed by atoms with van der Waals surface area (Å²) in [5, 5.41) is 2.73. The number of nitrogens with one attached hydrogen (secondary N) is 1. The van der Waals surface area contributed by atoms with E-state index in [1.807, 2.05) is 6.92 Å². The van der Waals surface area contributed by atoms with Crippen molar-refractivity contribution in [1.82, 2.24) is 10.2 Å². The monoisotopic (exact) mass is 188 g/mol. The molecular formula is C7H12N2O2S. The van der Waals surface area contributed by atoms with E-state index in [0.717, 1.165) is 0 Å². The van der Waals surface area contributed by atoms with Crippen molar-refractivity contribution in [2.75, 3.05) is 18.8 Å². The first-order valence-electron chi connectivity index (χ1n) is 3.81. The van der Waals surface area contributed by atoms with Gasteiger partial charge in [-0.25, -0.2) is 0 Å². The Bertz CT molecular complexity index is 208. The Kier molecular flexibility index (Phi) is 2.97. The van der Waals surface area contributed by atoms with E-state index in [-0.39, 0.29) is 30.2 Å². The zero-order valence-electron chi connectivity index (χ0n) is 6.91. The van der Waals surface area contributed by atoms with Crippen LogP contribution in [0.25, 0.3) is 0 Å². The van der Waals surface area contributed by atoms with E-state index >= 15 is 0 Å². The molecule has 0 aromatic carbocycles. The second-order valence-electron chi connectivity index (χ2n) is 2.90. The van der Waals surface area contributed by atoms with Gasteiger partial charge in [0.25, 0.3) is 0 Å². The van der Waals surface area contributed by atoms with Crippen LogP contribution in [0, 0.1) is 0 Å². The molecule has 2 amide bonds. The molecular weight excluding hydrogens is 176 g/mol. The lowest BCUT2D eigenvalue weighted by atomic mass is 10.2. The van der Waals surface area contributed by atoms with Gasteiger partial charge in [0.1, 0.15) is 0 Å². The van der Waals surface area contributed by atoms with Crippen molar-refractivity contribution in [1.29, 1.82) is 0 Å². The van der Waals surface area contributed by atoms with E-state index in [1.165, 1.54) is 4.90 Å². The zero-order chi connectivity index (χ0) is 9.14. The lowest BCUT2D eigenvalue weighted by molar-refractivity contribution is -0.137. The average molecular weight is 188 g/mol. The van der Waals surface area contributed by atoms with Crippen molar-refractivity contribution in [3.8, 4) is 0 Å². The number of rotatable bonds is 1. The van der Waals surface area contributed by atoms with E-state index in [1.54, 1.807) is 0 Å². The van der Waals surface area contributed by atoms with E-state index in [2.05, 4.69) is 17.9 Å². The van der Waals surface area contributed by atoms with Gasteiger partial charge in [0, 0.05) is 12.6 Å². The molecule has 1 aliphatic rings. The molecule has 0 saturated carbocycles. The van der Waals surface area contributed by atoms with Crippen LogP contribution in [0.3, 0.4) is 0 Å². The standard InChI is InChI=1S/C7H12N2O2S/c1-5-2-9(7(11)4-12)3-6(10)8-5/h5,12H,2-4H2,1H3,(H,8,10). The molecule has 1 rings (SSSR count). The molecule has 1 saturated heterocycles. The van der Waals surface area contributed by atoms with Crippen molar-refractivity contribution in [3.05, 3.63) is 0 Å². The Labute approximate surface area is 76.7 Å². The minimum Gasteiger partial charge on any atom is -0.350 e. The van der Waals surface area contributed by atoms with Crippen molar-refractivity contribution in [2.24, 2.45) is 0 Å². The van der Waals surface area contributed by atoms with Gasteiger partial charge in [-0.3, -0.25) is 9.59 Å². The second kappa shape index (κ2) is 3.80. The number of amides is 2. The fraction of sp³-hybridized carbons (Fsp3) is 0.714. The normalized spacial score (nSPS) is 23.7. The molecule has 1 atom stereocenters. The van der Waals surface area contributed by atoms with Gasteiger partial charge in [-0.05, 0) is 6.92 Å². The van der Waals surface area contributed by atoms with Gasteiger partial charge in [0.15, 0.2) is 0 Å². The maximum absolute atomic E-state index is 11.1. The van der Waals surface area contributed by atoms with Crippen molar-refractivity contribution >= 4 is 24.4 Å². The minimum absolute atomic E-state index is 0.0510. The zero-order valence-corrected chi connectivity index (χ0v) is 7.80. The number of carbonyl (C=O) groups is 2. The summed E-state index contributed by atoms with van der Waals surface area (Å²) in [6.45, 7) is 2.63. The van der Waals surface area contributed by atoms with E-state index in [9.17, 15) is 9.59 Å². The van der Waals surface area contributed by atoms with Gasteiger partial charge in [-0.1, -0.05) is 0 Å². The van der Waals surface area contributed by atoms with Crippen LogP contribution >= 0.6 is 12.6 Å². The third-order valence-corrected chi connectivity index (χ3v) is 1.99. The Morgan fingerprint density at radius 2 is 2.50 bits per heavy atom. The molecule has 0 bridgehead atoms. The van der Waals surface area contributed by atoms with Crippen molar-refractivity contribution in [3.63, 3.8) is 0 Å². The highest BCUT2D eigenvalue weighted by molar-refractivity contribution is 7.81. The molecule has 1 aliphatic heterocycles. The fourth-order valence-corrected chi connectivity index (χ4v) is 1.42. The van der Waals surface area contributed by atoms with Crippen LogP contribution in [0.4, 0.5) is 0 Å². The second-order valence-corrected chi connectivity index (χ2v) is 3.22. The smallest absolute Gasteiger partial charge is 0.239 e. The van der Waals surface area contributed by atoms with Gasteiger partial charge >= 0.3 is 0 Å². The largest absolute Gasteiger partial charge is 0.350 e. The number of thiol groups is 1. The Hall–Kier alpha value is -0.710. The fourth-order valence-electron chi connectivity index (χ4n) is 1.22. The molecule has 1 fully saturated rings. The quantitative estimate of drug-likeness (QED) is 0.533. The number of carbonyl (C=O) groups excluding carboxylic acids is 2. The first-order chi connectivity index (χ1) is 5.63. The van der Waals surface area contributed by atoms with E-state index < -0.39 is 0 Å². The highest BCUT2D eigenvalue weighted by Crippen LogP contribution is 2.00. The molecule has 0 aromatic rings. The van der Waals surface area contributed by atoms with Crippen molar-refractivity contribution in [2.45, 2.75) is 13.0 Å². The van der Waals surface area contributed by atoms with Crippen LogP contribution in [-0.2, 0) is 9.59 Å². The first kappa shape index (κ1) is 9.38. The predicted octanol–water partition coefficient (Wildman–Crippen LogP) is -0.737. The molecule has 68 valence electrons. The molecule has 0 aromatic heterocycles. The summed E-state index contributed by atoms with van der Waals surface area (Å²) < 4.78 is 0. The Balaban J connectivity index is 2.55. The average Bonchev–Trinajstić information content (AvgIpc) is 2.01. The maximum atomic E-state index is 11.1. The van der Waals surface area contributed by atoms with Crippen LogP contribution in [0.2, 0.25) is 0 Å². The third kappa shape index (κ3) is 2.14. The molecule has 1 N–H and O–H groups in total. The molecule has 12 heavy (non-hydrogen) atoms. The number of hydrogen-bond acceptors (Lipinski definition) is 3. The Morgan fingerprint density at radius 3 is 3.00 bits per heavy atom. The highest BCUT2D eigenvalue weighted by Gasteiger charge is 2.24. The topological polar surface area (TPSA) is 49.4 Å². The molecule has 0 spiro atoms. The van der Waals surface area contributed by atoms with Crippen LogP contribution in [-0.4, -0.2) is 41.6 Å². The summed E-state index contributed by atoms with van der Waals surface area (Å²) in [5.41, 5.74) is 0. The van der Waals surface area contributed by atoms with Crippen molar-refractivity contribution < 1.29 is 9.59 Å². The summed E-state index contributed by atoms with van der Waals surface area (Å²) in [7, 11) is 0. The van der Waals surface area contributed by atoms with Crippen LogP contribution < -0.4 is 5.32 Å². The summed E-state index contributed by atoms with van der Waals surface area (Å²) in [4.78, 5) is 23.6.